The van der Waals surface area contributed by atoms with E-state index in [0.717, 1.165) is 31.2 Å². The number of hydrogen-bond acceptors (Lipinski definition) is 5. The van der Waals surface area contributed by atoms with Crippen LogP contribution in [0.3, 0.4) is 0 Å². The van der Waals surface area contributed by atoms with Crippen molar-refractivity contribution in [2.75, 3.05) is 11.9 Å². The van der Waals surface area contributed by atoms with Crippen LogP contribution in [0.2, 0.25) is 0 Å². The Bertz CT molecular complexity index is 1400. The number of carbonyl (C=O) groups excluding carboxylic acids is 4. The molecule has 0 aromatic heterocycles. The van der Waals surface area contributed by atoms with Crippen LogP contribution in [0.1, 0.15) is 115 Å². The summed E-state index contributed by atoms with van der Waals surface area (Å²) >= 11 is 0. The molecule has 1 fully saturated rings. The molecule has 2 aliphatic rings. The fourth-order valence-corrected chi connectivity index (χ4v) is 6.15. The van der Waals surface area contributed by atoms with Gasteiger partial charge in [0.05, 0.1) is 17.5 Å². The van der Waals surface area contributed by atoms with E-state index in [9.17, 15) is 24.0 Å². The van der Waals surface area contributed by atoms with Gasteiger partial charge in [0, 0.05) is 30.4 Å². The molecule has 0 atom stereocenters. The molecule has 10 nitrogen and oxygen atoms in total. The normalized spacial score (nSPS) is 18.2. The zero-order chi connectivity index (χ0) is 31.5. The molecule has 0 unspecified atom stereocenters. The number of imide groups is 1. The Hall–Kier alpha value is -4.21. The number of carboxylic acids is 1. The minimum Gasteiger partial charge on any atom is -0.481 e. The van der Waals surface area contributed by atoms with Gasteiger partial charge in [-0.15, -0.1) is 0 Å². The van der Waals surface area contributed by atoms with Crippen LogP contribution in [0.25, 0.3) is 0 Å². The van der Waals surface area contributed by atoms with Gasteiger partial charge in [-0.1, -0.05) is 46.8 Å². The zero-order valence-corrected chi connectivity index (χ0v) is 25.6. The maximum absolute atomic E-state index is 14.0. The maximum atomic E-state index is 14.0. The molecule has 2 aromatic rings. The molecule has 1 saturated carbocycles. The Morgan fingerprint density at radius 3 is 2.21 bits per heavy atom. The smallest absolute Gasteiger partial charge is 0.322 e. The van der Waals surface area contributed by atoms with Gasteiger partial charge in [0.15, 0.2) is 0 Å². The molecule has 4 rings (SSSR count). The second-order valence-electron chi connectivity index (χ2n) is 12.9. The van der Waals surface area contributed by atoms with Gasteiger partial charge in [0.1, 0.15) is 0 Å². The molecule has 43 heavy (non-hydrogen) atoms. The molecule has 0 saturated heterocycles. The fourth-order valence-electron chi connectivity index (χ4n) is 6.15. The first kappa shape index (κ1) is 31.7. The van der Waals surface area contributed by atoms with E-state index in [1.165, 1.54) is 0 Å². The van der Waals surface area contributed by atoms with E-state index in [0.29, 0.717) is 40.4 Å². The van der Waals surface area contributed by atoms with Crippen molar-refractivity contribution in [3.05, 3.63) is 64.2 Å². The molecule has 1 heterocycles. The second-order valence-corrected chi connectivity index (χ2v) is 12.9. The molecular formula is C33H42N4O6. The van der Waals surface area contributed by atoms with Gasteiger partial charge in [-0.3, -0.25) is 24.5 Å². The lowest BCUT2D eigenvalue weighted by Gasteiger charge is -2.41. The third-order valence-electron chi connectivity index (χ3n) is 8.58. The van der Waals surface area contributed by atoms with Crippen LogP contribution < -0.4 is 16.0 Å². The predicted octanol–water partition coefficient (Wildman–Crippen LogP) is 5.54. The highest BCUT2D eigenvalue weighted by atomic mass is 16.4. The van der Waals surface area contributed by atoms with Crippen molar-refractivity contribution < 1.29 is 29.1 Å². The highest BCUT2D eigenvalue weighted by Gasteiger charge is 2.35. The number of rotatable bonds is 9. The second kappa shape index (κ2) is 13.0. The minimum absolute atomic E-state index is 0.000558. The first-order chi connectivity index (χ1) is 20.3. The van der Waals surface area contributed by atoms with Gasteiger partial charge in [-0.2, -0.15) is 0 Å². The van der Waals surface area contributed by atoms with Crippen molar-refractivity contribution in [3.63, 3.8) is 0 Å². The lowest BCUT2D eigenvalue weighted by molar-refractivity contribution is -0.136. The van der Waals surface area contributed by atoms with Gasteiger partial charge >= 0.3 is 12.0 Å². The SMILES string of the molecule is CC(C)c1c(NC(=O)N(Cc2ccc(C(=O)NCCC(=O)O)cc2)C2CCC(C(C)(C)C)CC2)ccc2c1C(=O)NC2=O. The van der Waals surface area contributed by atoms with Crippen molar-refractivity contribution in [2.24, 2.45) is 11.3 Å². The highest BCUT2D eigenvalue weighted by Crippen LogP contribution is 2.40. The van der Waals surface area contributed by atoms with Crippen molar-refractivity contribution in [1.82, 2.24) is 15.5 Å². The van der Waals surface area contributed by atoms with E-state index in [1.807, 2.05) is 18.7 Å². The molecular weight excluding hydrogens is 548 g/mol. The summed E-state index contributed by atoms with van der Waals surface area (Å²) in [6.45, 7) is 11.0. The number of amides is 5. The lowest BCUT2D eigenvalue weighted by Crippen LogP contribution is -2.45. The number of fused-ring (bicyclic) bond motifs is 1. The molecule has 230 valence electrons. The van der Waals surface area contributed by atoms with E-state index < -0.39 is 17.8 Å². The number of urea groups is 1. The van der Waals surface area contributed by atoms with Crippen molar-refractivity contribution in [3.8, 4) is 0 Å². The molecule has 0 spiro atoms. The van der Waals surface area contributed by atoms with Gasteiger partial charge in [0.25, 0.3) is 17.7 Å². The van der Waals surface area contributed by atoms with E-state index >= 15 is 0 Å². The molecule has 10 heteroatoms. The number of nitrogens with one attached hydrogen (secondary N) is 3. The standard InChI is InChI=1S/C33H42N4O6/c1-19(2)27-25(15-14-24-28(27)31(42)36-30(24)41)35-32(43)37(23-12-10-22(11-13-23)33(3,4)5)18-20-6-8-21(9-7-20)29(40)34-17-16-26(38)39/h6-9,14-15,19,22-23H,10-13,16-18H2,1-5H3,(H,34,40)(H,35,43)(H,38,39)(H,36,41,42). The molecule has 4 N–H and O–H groups in total. The molecule has 1 aliphatic heterocycles. The summed E-state index contributed by atoms with van der Waals surface area (Å²) < 4.78 is 0. The van der Waals surface area contributed by atoms with Crippen LogP contribution in [-0.2, 0) is 11.3 Å². The van der Waals surface area contributed by atoms with E-state index in [4.69, 9.17) is 5.11 Å². The van der Waals surface area contributed by atoms with Gasteiger partial charge in [0.2, 0.25) is 0 Å². The van der Waals surface area contributed by atoms with Crippen LogP contribution in [0.4, 0.5) is 10.5 Å². The molecule has 1 aliphatic carbocycles. The van der Waals surface area contributed by atoms with Crippen LogP contribution in [0, 0.1) is 11.3 Å². The number of nitrogens with zero attached hydrogens (tertiary/aromatic N) is 1. The van der Waals surface area contributed by atoms with Crippen LogP contribution >= 0.6 is 0 Å². The minimum atomic E-state index is -0.984. The number of benzene rings is 2. The summed E-state index contributed by atoms with van der Waals surface area (Å²) in [6.07, 6.45) is 3.57. The highest BCUT2D eigenvalue weighted by molar-refractivity contribution is 6.23. The van der Waals surface area contributed by atoms with Crippen LogP contribution in [0.5, 0.6) is 0 Å². The summed E-state index contributed by atoms with van der Waals surface area (Å²) in [4.78, 5) is 63.9. The Labute approximate surface area is 252 Å². The molecule has 0 bridgehead atoms. The Morgan fingerprint density at radius 1 is 0.977 bits per heavy atom. The summed E-state index contributed by atoms with van der Waals surface area (Å²) in [5, 5.41) is 16.8. The summed E-state index contributed by atoms with van der Waals surface area (Å²) in [6, 6.07) is 9.93. The van der Waals surface area contributed by atoms with E-state index in [2.05, 4.69) is 36.7 Å². The lowest BCUT2D eigenvalue weighted by atomic mass is 9.71. The van der Waals surface area contributed by atoms with Gasteiger partial charge in [-0.05, 0) is 78.3 Å². The number of hydrogen-bond donors (Lipinski definition) is 4. The quantitative estimate of drug-likeness (QED) is 0.282. The first-order valence-electron chi connectivity index (χ1n) is 15.0. The fraction of sp³-hybridized carbons (Fsp3) is 0.485. The van der Waals surface area contributed by atoms with Crippen LogP contribution in [-0.4, -0.2) is 52.3 Å². The average Bonchev–Trinajstić information content (AvgIpc) is 3.23. The molecule has 2 aromatic carbocycles. The topological polar surface area (TPSA) is 145 Å². The first-order valence-corrected chi connectivity index (χ1v) is 15.0. The summed E-state index contributed by atoms with van der Waals surface area (Å²) in [5.41, 5.74) is 3.20. The third kappa shape index (κ3) is 7.42. The van der Waals surface area contributed by atoms with Crippen molar-refractivity contribution >= 4 is 35.4 Å². The van der Waals surface area contributed by atoms with Gasteiger partial charge < -0.3 is 20.6 Å². The van der Waals surface area contributed by atoms with Crippen LogP contribution in [0.15, 0.2) is 36.4 Å². The number of aliphatic carboxylic acids is 1. The van der Waals surface area contributed by atoms with Crippen molar-refractivity contribution in [2.45, 2.75) is 85.2 Å². The largest absolute Gasteiger partial charge is 0.481 e. The number of carboxylic acid groups (broad SMARTS) is 1. The third-order valence-corrected chi connectivity index (χ3v) is 8.58. The summed E-state index contributed by atoms with van der Waals surface area (Å²) in [7, 11) is 0. The predicted molar refractivity (Wildman–Crippen MR) is 163 cm³/mol. The number of anilines is 1. The number of carbonyl (C=O) groups is 5. The Kier molecular flexibility index (Phi) is 9.57. The Morgan fingerprint density at radius 2 is 1.63 bits per heavy atom. The molecule has 0 radical (unpaired) electrons. The monoisotopic (exact) mass is 590 g/mol. The summed E-state index contributed by atoms with van der Waals surface area (Å²) in [5.74, 6) is -1.79. The van der Waals surface area contributed by atoms with E-state index in [-0.39, 0.29) is 42.3 Å². The Balaban J connectivity index is 1.57. The van der Waals surface area contributed by atoms with Gasteiger partial charge in [-0.25, -0.2) is 4.79 Å². The average molecular weight is 591 g/mol. The maximum Gasteiger partial charge on any atom is 0.322 e. The molecule has 5 amide bonds. The van der Waals surface area contributed by atoms with Crippen molar-refractivity contribution in [1.29, 1.82) is 0 Å². The zero-order valence-electron chi connectivity index (χ0n) is 25.6. The van der Waals surface area contributed by atoms with E-state index in [1.54, 1.807) is 36.4 Å².